The van der Waals surface area contributed by atoms with Crippen LogP contribution in [0.25, 0.3) is 5.95 Å². The van der Waals surface area contributed by atoms with Gasteiger partial charge in [0, 0.05) is 0 Å². The number of halogens is 1. The van der Waals surface area contributed by atoms with Crippen molar-refractivity contribution in [1.82, 2.24) is 24.7 Å². The minimum Gasteiger partial charge on any atom is -0.409 e. The molecule has 2 aromatic heterocycles. The van der Waals surface area contributed by atoms with E-state index in [4.69, 9.17) is 22.5 Å². The summed E-state index contributed by atoms with van der Waals surface area (Å²) in [7, 11) is 0. The Morgan fingerprint density at radius 1 is 1.38 bits per heavy atom. The number of amidine groups is 1. The van der Waals surface area contributed by atoms with E-state index in [0.717, 1.165) is 0 Å². The quantitative estimate of drug-likeness (QED) is 0.325. The molecule has 9 heteroatoms. The standard InChI is InChI=1S/C7H6ClN7O/c8-4-1-10-7(11-2-4)15-3-12-6(13-15)5(9)14-16/h1-3,16H,(H2,9,14). The van der Waals surface area contributed by atoms with Gasteiger partial charge in [0.1, 0.15) is 6.33 Å². The predicted octanol–water partition coefficient (Wildman–Crippen LogP) is -0.195. The Hall–Kier alpha value is -2.22. The summed E-state index contributed by atoms with van der Waals surface area (Å²) in [5.41, 5.74) is 5.31. The third-order valence-electron chi connectivity index (χ3n) is 1.64. The van der Waals surface area contributed by atoms with Gasteiger partial charge >= 0.3 is 0 Å². The molecule has 2 heterocycles. The molecule has 0 saturated carbocycles. The van der Waals surface area contributed by atoms with Gasteiger partial charge in [-0.3, -0.25) is 0 Å². The average Bonchev–Trinajstić information content (AvgIpc) is 2.78. The van der Waals surface area contributed by atoms with Crippen molar-refractivity contribution in [1.29, 1.82) is 0 Å². The molecule has 0 atom stereocenters. The summed E-state index contributed by atoms with van der Waals surface area (Å²) in [5.74, 6) is 0.183. The fourth-order valence-corrected chi connectivity index (χ4v) is 1.04. The van der Waals surface area contributed by atoms with Gasteiger partial charge in [-0.1, -0.05) is 16.8 Å². The molecule has 82 valence electrons. The topological polar surface area (TPSA) is 115 Å². The highest BCUT2D eigenvalue weighted by Crippen LogP contribution is 2.05. The van der Waals surface area contributed by atoms with Crippen LogP contribution in [-0.4, -0.2) is 35.8 Å². The lowest BCUT2D eigenvalue weighted by molar-refractivity contribution is 0.318. The zero-order chi connectivity index (χ0) is 11.5. The van der Waals surface area contributed by atoms with Crippen molar-refractivity contribution >= 4 is 17.4 Å². The number of rotatable bonds is 2. The van der Waals surface area contributed by atoms with Gasteiger partial charge in [0.25, 0.3) is 5.95 Å². The van der Waals surface area contributed by atoms with E-state index < -0.39 is 0 Å². The molecule has 3 N–H and O–H groups in total. The van der Waals surface area contributed by atoms with Crippen molar-refractivity contribution in [2.24, 2.45) is 10.9 Å². The van der Waals surface area contributed by atoms with Crippen LogP contribution in [0, 0.1) is 0 Å². The van der Waals surface area contributed by atoms with Gasteiger partial charge in [-0.2, -0.15) is 4.68 Å². The van der Waals surface area contributed by atoms with E-state index in [2.05, 4.69) is 25.2 Å². The zero-order valence-electron chi connectivity index (χ0n) is 7.82. The number of hydrogen-bond acceptors (Lipinski definition) is 6. The van der Waals surface area contributed by atoms with Crippen LogP contribution in [0.5, 0.6) is 0 Å². The number of nitrogens with two attached hydrogens (primary N) is 1. The SMILES string of the molecule is NC(=NO)c1ncn(-c2ncc(Cl)cn2)n1. The second kappa shape index (κ2) is 4.11. The first-order valence-corrected chi connectivity index (χ1v) is 4.46. The molecule has 0 aliphatic heterocycles. The number of nitrogens with zero attached hydrogens (tertiary/aromatic N) is 6. The van der Waals surface area contributed by atoms with Crippen LogP contribution in [0.3, 0.4) is 0 Å². The summed E-state index contributed by atoms with van der Waals surface area (Å²) < 4.78 is 1.28. The summed E-state index contributed by atoms with van der Waals surface area (Å²) in [4.78, 5) is 11.7. The minimum atomic E-state index is -0.187. The molecule has 2 aromatic rings. The van der Waals surface area contributed by atoms with Gasteiger partial charge < -0.3 is 10.9 Å². The fourth-order valence-electron chi connectivity index (χ4n) is 0.945. The zero-order valence-corrected chi connectivity index (χ0v) is 8.57. The Morgan fingerprint density at radius 2 is 2.06 bits per heavy atom. The minimum absolute atomic E-state index is 0.0843. The molecular weight excluding hydrogens is 234 g/mol. The molecule has 0 spiro atoms. The van der Waals surface area contributed by atoms with E-state index in [9.17, 15) is 0 Å². The molecular formula is C7H6ClN7O. The van der Waals surface area contributed by atoms with Crippen molar-refractivity contribution in [3.8, 4) is 5.95 Å². The second-order valence-corrected chi connectivity index (χ2v) is 3.14. The molecule has 0 fully saturated rings. The Morgan fingerprint density at radius 3 is 2.69 bits per heavy atom. The lowest BCUT2D eigenvalue weighted by atomic mass is 10.6. The molecule has 0 aromatic carbocycles. The molecule has 0 amide bonds. The van der Waals surface area contributed by atoms with Crippen molar-refractivity contribution in [3.05, 3.63) is 29.6 Å². The van der Waals surface area contributed by atoms with Crippen LogP contribution < -0.4 is 5.73 Å². The van der Waals surface area contributed by atoms with E-state index in [-0.39, 0.29) is 17.6 Å². The average molecular weight is 240 g/mol. The predicted molar refractivity (Wildman–Crippen MR) is 54.5 cm³/mol. The van der Waals surface area contributed by atoms with Gasteiger partial charge in [-0.25, -0.2) is 15.0 Å². The Labute approximate surface area is 94.4 Å². The molecule has 2 rings (SSSR count). The van der Waals surface area contributed by atoms with Gasteiger partial charge in [0.2, 0.25) is 11.7 Å². The summed E-state index contributed by atoms with van der Waals surface area (Å²) in [6.07, 6.45) is 4.19. The monoisotopic (exact) mass is 239 g/mol. The van der Waals surface area contributed by atoms with Crippen LogP contribution in [0.1, 0.15) is 5.82 Å². The molecule has 16 heavy (non-hydrogen) atoms. The highest BCUT2D eigenvalue weighted by Gasteiger charge is 2.08. The van der Waals surface area contributed by atoms with Gasteiger partial charge in [0.05, 0.1) is 17.4 Å². The molecule has 0 radical (unpaired) electrons. The summed E-state index contributed by atoms with van der Waals surface area (Å²) >= 11 is 5.63. The Kier molecular flexibility index (Phi) is 2.64. The third kappa shape index (κ3) is 1.91. The number of aromatic nitrogens is 5. The van der Waals surface area contributed by atoms with Gasteiger partial charge in [0.15, 0.2) is 0 Å². The number of hydrogen-bond donors (Lipinski definition) is 2. The number of oxime groups is 1. The molecule has 8 nitrogen and oxygen atoms in total. The largest absolute Gasteiger partial charge is 0.409 e. The maximum Gasteiger partial charge on any atom is 0.252 e. The summed E-state index contributed by atoms with van der Waals surface area (Å²) in [6, 6.07) is 0. The first kappa shape index (κ1) is 10.3. The molecule has 0 unspecified atom stereocenters. The van der Waals surface area contributed by atoms with E-state index in [1.165, 1.54) is 23.4 Å². The van der Waals surface area contributed by atoms with E-state index >= 15 is 0 Å². The summed E-state index contributed by atoms with van der Waals surface area (Å²) in [5, 5.41) is 15.5. The van der Waals surface area contributed by atoms with Crippen LogP contribution >= 0.6 is 11.6 Å². The maximum atomic E-state index is 8.43. The van der Waals surface area contributed by atoms with Crippen LogP contribution in [0.4, 0.5) is 0 Å². The first-order chi connectivity index (χ1) is 7.70. The van der Waals surface area contributed by atoms with Crippen molar-refractivity contribution in [2.75, 3.05) is 0 Å². The lowest BCUT2D eigenvalue weighted by Gasteiger charge is -1.96. The van der Waals surface area contributed by atoms with Crippen molar-refractivity contribution in [3.63, 3.8) is 0 Å². The normalized spacial score (nSPS) is 11.7. The second-order valence-electron chi connectivity index (χ2n) is 2.70. The van der Waals surface area contributed by atoms with E-state index in [1.54, 1.807) is 0 Å². The maximum absolute atomic E-state index is 8.43. The van der Waals surface area contributed by atoms with E-state index in [0.29, 0.717) is 5.02 Å². The Balaban J connectivity index is 2.35. The highest BCUT2D eigenvalue weighted by molar-refractivity contribution is 6.30. The van der Waals surface area contributed by atoms with Gasteiger partial charge in [-0.15, -0.1) is 5.10 Å². The van der Waals surface area contributed by atoms with Crippen molar-refractivity contribution < 1.29 is 5.21 Å². The van der Waals surface area contributed by atoms with Gasteiger partial charge in [-0.05, 0) is 0 Å². The van der Waals surface area contributed by atoms with Crippen LogP contribution in [0.2, 0.25) is 5.02 Å². The molecule has 0 saturated heterocycles. The fraction of sp³-hybridized carbons (Fsp3) is 0. The van der Waals surface area contributed by atoms with Crippen molar-refractivity contribution in [2.45, 2.75) is 0 Å². The highest BCUT2D eigenvalue weighted by atomic mass is 35.5. The third-order valence-corrected chi connectivity index (χ3v) is 1.84. The van der Waals surface area contributed by atoms with Crippen LogP contribution in [0.15, 0.2) is 23.9 Å². The van der Waals surface area contributed by atoms with E-state index in [1.807, 2.05) is 0 Å². The smallest absolute Gasteiger partial charge is 0.252 e. The molecule has 0 aliphatic carbocycles. The lowest BCUT2D eigenvalue weighted by Crippen LogP contribution is -2.15. The first-order valence-electron chi connectivity index (χ1n) is 4.08. The molecule has 0 aliphatic rings. The van der Waals surface area contributed by atoms with Crippen LogP contribution in [-0.2, 0) is 0 Å². The Bertz CT molecular complexity index is 520. The summed E-state index contributed by atoms with van der Waals surface area (Å²) in [6.45, 7) is 0. The molecule has 0 bridgehead atoms.